The number of rotatable bonds is 4. The molecule has 3 aromatic rings. The van der Waals surface area contributed by atoms with Gasteiger partial charge in [-0.15, -0.1) is 5.10 Å². The van der Waals surface area contributed by atoms with Gasteiger partial charge < -0.3 is 15.0 Å². The monoisotopic (exact) mass is 416 g/mol. The number of anilines is 1. The molecule has 5 rings (SSSR count). The minimum absolute atomic E-state index is 0.0204. The summed E-state index contributed by atoms with van der Waals surface area (Å²) < 4.78 is 5.85. The van der Waals surface area contributed by atoms with Gasteiger partial charge in [0.05, 0.1) is 23.1 Å². The number of aromatic nitrogens is 2. The van der Waals surface area contributed by atoms with Crippen molar-refractivity contribution in [2.24, 2.45) is 10.2 Å². The number of likely N-dealkylation sites (N-methyl/N-ethyl adjacent to an activating group) is 1. The Morgan fingerprint density at radius 3 is 2.94 bits per heavy atom. The van der Waals surface area contributed by atoms with Gasteiger partial charge in [-0.1, -0.05) is 30.3 Å². The standard InChI is InChI=1S/C22H20N6O3/c1-28-19-8-14-11-23-26-16(14)10-20(19)31-12-18(22(28)30)24-21(29)17-9-15(25-27-17)7-13-5-3-2-4-6-13/h2-6,8,10-11,18H,7,9,12H2,1H3,(H,23,26)(H,24,29)/t18-/m0/s1. The Kier molecular flexibility index (Phi) is 4.70. The molecule has 2 N–H and O–H groups in total. The van der Waals surface area contributed by atoms with Gasteiger partial charge in [0.2, 0.25) is 0 Å². The maximum Gasteiger partial charge on any atom is 0.268 e. The highest BCUT2D eigenvalue weighted by molar-refractivity contribution is 6.43. The lowest BCUT2D eigenvalue weighted by atomic mass is 10.0. The van der Waals surface area contributed by atoms with Crippen LogP contribution in [0.25, 0.3) is 10.9 Å². The van der Waals surface area contributed by atoms with Crippen molar-refractivity contribution in [2.75, 3.05) is 18.6 Å². The molecule has 3 heterocycles. The van der Waals surface area contributed by atoms with Crippen molar-refractivity contribution in [1.29, 1.82) is 0 Å². The molecule has 0 bridgehead atoms. The maximum atomic E-state index is 13.0. The second-order valence-corrected chi connectivity index (χ2v) is 7.56. The summed E-state index contributed by atoms with van der Waals surface area (Å²) in [5.74, 6) is -0.126. The molecule has 2 amide bonds. The number of nitrogens with zero attached hydrogens (tertiary/aromatic N) is 4. The molecule has 0 radical (unpaired) electrons. The first-order chi connectivity index (χ1) is 15.1. The van der Waals surface area contributed by atoms with Gasteiger partial charge in [-0.2, -0.15) is 10.2 Å². The zero-order valence-electron chi connectivity index (χ0n) is 16.8. The summed E-state index contributed by atoms with van der Waals surface area (Å²) >= 11 is 0. The SMILES string of the molecule is CN1C(=O)[C@@H](NC(=O)C2=NN=C(Cc3ccccc3)C2)COc2cc3[nH]ncc3cc21. The molecule has 9 heteroatoms. The van der Waals surface area contributed by atoms with E-state index in [4.69, 9.17) is 4.74 Å². The predicted molar refractivity (Wildman–Crippen MR) is 117 cm³/mol. The molecule has 0 spiro atoms. The summed E-state index contributed by atoms with van der Waals surface area (Å²) in [6.45, 7) is 0.0204. The van der Waals surface area contributed by atoms with E-state index in [1.54, 1.807) is 19.3 Å². The molecule has 0 aliphatic carbocycles. The topological polar surface area (TPSA) is 112 Å². The van der Waals surface area contributed by atoms with E-state index in [-0.39, 0.29) is 12.5 Å². The normalized spacial score (nSPS) is 18.2. The average molecular weight is 416 g/mol. The van der Waals surface area contributed by atoms with Gasteiger partial charge in [0.15, 0.2) is 0 Å². The number of aromatic amines is 1. The molecule has 0 unspecified atom stereocenters. The van der Waals surface area contributed by atoms with Crippen LogP contribution in [0.3, 0.4) is 0 Å². The van der Waals surface area contributed by atoms with Crippen LogP contribution in [0.1, 0.15) is 12.0 Å². The van der Waals surface area contributed by atoms with E-state index in [1.807, 2.05) is 36.4 Å². The van der Waals surface area contributed by atoms with Gasteiger partial charge in [0, 0.05) is 31.3 Å². The first-order valence-corrected chi connectivity index (χ1v) is 9.93. The van der Waals surface area contributed by atoms with Crippen molar-refractivity contribution in [3.8, 4) is 5.75 Å². The van der Waals surface area contributed by atoms with E-state index in [2.05, 4.69) is 25.7 Å². The molecular weight excluding hydrogens is 396 g/mol. The zero-order chi connectivity index (χ0) is 21.4. The third kappa shape index (κ3) is 3.65. The fraction of sp³-hybridized carbons (Fsp3) is 0.227. The second-order valence-electron chi connectivity index (χ2n) is 7.56. The highest BCUT2D eigenvalue weighted by Gasteiger charge is 2.32. The second kappa shape index (κ2) is 7.67. The van der Waals surface area contributed by atoms with E-state index in [9.17, 15) is 9.59 Å². The highest BCUT2D eigenvalue weighted by Crippen LogP contribution is 2.34. The number of fused-ring (bicyclic) bond motifs is 2. The van der Waals surface area contributed by atoms with Crippen molar-refractivity contribution in [2.45, 2.75) is 18.9 Å². The number of hydrogen-bond donors (Lipinski definition) is 2. The van der Waals surface area contributed by atoms with Crippen LogP contribution < -0.4 is 15.0 Å². The van der Waals surface area contributed by atoms with Crippen LogP contribution in [0, 0.1) is 0 Å². The molecule has 0 fully saturated rings. The molecule has 156 valence electrons. The number of amides is 2. The van der Waals surface area contributed by atoms with Crippen molar-refractivity contribution < 1.29 is 14.3 Å². The Balaban J connectivity index is 1.25. The van der Waals surface area contributed by atoms with Crippen molar-refractivity contribution in [3.63, 3.8) is 0 Å². The van der Waals surface area contributed by atoms with Gasteiger partial charge in [-0.3, -0.25) is 14.7 Å². The summed E-state index contributed by atoms with van der Waals surface area (Å²) in [4.78, 5) is 27.2. The van der Waals surface area contributed by atoms with Crippen LogP contribution >= 0.6 is 0 Å². The van der Waals surface area contributed by atoms with E-state index in [0.29, 0.717) is 30.0 Å². The zero-order valence-corrected chi connectivity index (χ0v) is 16.8. The first-order valence-electron chi connectivity index (χ1n) is 9.93. The Bertz CT molecular complexity index is 1230. The van der Waals surface area contributed by atoms with Gasteiger partial charge >= 0.3 is 0 Å². The number of hydrogen-bond acceptors (Lipinski definition) is 6. The van der Waals surface area contributed by atoms with Crippen LogP contribution in [0.5, 0.6) is 5.75 Å². The molecule has 1 aromatic heterocycles. The summed E-state index contributed by atoms with van der Waals surface area (Å²) in [5.41, 5.74) is 3.65. The number of carbonyl (C=O) groups is 2. The number of ether oxygens (including phenoxy) is 1. The Hall–Kier alpha value is -4.01. The highest BCUT2D eigenvalue weighted by atomic mass is 16.5. The Labute approximate surface area is 177 Å². The van der Waals surface area contributed by atoms with Gasteiger partial charge in [-0.05, 0) is 11.6 Å². The number of carbonyl (C=O) groups excluding carboxylic acids is 2. The summed E-state index contributed by atoms with van der Waals surface area (Å²) in [6.07, 6.45) is 2.67. The lowest BCUT2D eigenvalue weighted by Crippen LogP contribution is -2.51. The van der Waals surface area contributed by atoms with Crippen molar-refractivity contribution in [1.82, 2.24) is 15.5 Å². The molecule has 2 aliphatic heterocycles. The summed E-state index contributed by atoms with van der Waals surface area (Å²) in [5, 5.41) is 18.7. The smallest absolute Gasteiger partial charge is 0.268 e. The van der Waals surface area contributed by atoms with Crippen LogP contribution in [-0.4, -0.2) is 53.1 Å². The number of H-pyrrole nitrogens is 1. The maximum absolute atomic E-state index is 13.0. The van der Waals surface area contributed by atoms with Gasteiger partial charge in [-0.25, -0.2) is 0 Å². The lowest BCUT2D eigenvalue weighted by Gasteiger charge is -2.20. The number of benzene rings is 2. The number of nitrogens with one attached hydrogen (secondary N) is 2. The van der Waals surface area contributed by atoms with E-state index >= 15 is 0 Å². The fourth-order valence-electron chi connectivity index (χ4n) is 3.73. The van der Waals surface area contributed by atoms with Crippen LogP contribution in [0.15, 0.2) is 58.9 Å². The predicted octanol–water partition coefficient (Wildman–Crippen LogP) is 1.85. The molecule has 2 aromatic carbocycles. The van der Waals surface area contributed by atoms with Crippen LogP contribution in [0.4, 0.5) is 5.69 Å². The molecule has 31 heavy (non-hydrogen) atoms. The summed E-state index contributed by atoms with van der Waals surface area (Å²) in [7, 11) is 1.66. The average Bonchev–Trinajstić information content (AvgIpc) is 3.42. The van der Waals surface area contributed by atoms with E-state index < -0.39 is 11.9 Å². The largest absolute Gasteiger partial charge is 0.489 e. The van der Waals surface area contributed by atoms with Crippen LogP contribution in [0.2, 0.25) is 0 Å². The minimum Gasteiger partial charge on any atom is -0.489 e. The molecular formula is C22H20N6O3. The molecule has 9 nitrogen and oxygen atoms in total. The van der Waals surface area contributed by atoms with Crippen molar-refractivity contribution in [3.05, 3.63) is 54.2 Å². The van der Waals surface area contributed by atoms with Crippen LogP contribution in [-0.2, 0) is 16.0 Å². The van der Waals surface area contributed by atoms with Gasteiger partial charge in [0.25, 0.3) is 11.8 Å². The minimum atomic E-state index is -0.831. The quantitative estimate of drug-likeness (QED) is 0.676. The molecule has 1 atom stereocenters. The molecule has 0 saturated carbocycles. The van der Waals surface area contributed by atoms with Gasteiger partial charge in [0.1, 0.15) is 24.1 Å². The lowest BCUT2D eigenvalue weighted by molar-refractivity contribution is -0.124. The van der Waals surface area contributed by atoms with E-state index in [1.165, 1.54) is 4.90 Å². The Morgan fingerprint density at radius 1 is 1.26 bits per heavy atom. The fourth-order valence-corrected chi connectivity index (χ4v) is 3.73. The first kappa shape index (κ1) is 19.0. The van der Waals surface area contributed by atoms with E-state index in [0.717, 1.165) is 22.2 Å². The van der Waals surface area contributed by atoms with Crippen molar-refractivity contribution >= 4 is 39.8 Å². The third-order valence-corrected chi connectivity index (χ3v) is 5.42. The molecule has 0 saturated heterocycles. The molecule has 2 aliphatic rings. The Morgan fingerprint density at radius 2 is 2.10 bits per heavy atom. The third-order valence-electron chi connectivity index (χ3n) is 5.42. The summed E-state index contributed by atoms with van der Waals surface area (Å²) in [6, 6.07) is 12.7.